The van der Waals surface area contributed by atoms with Crippen LogP contribution in [0.15, 0.2) is 42.5 Å². The summed E-state index contributed by atoms with van der Waals surface area (Å²) in [6, 6.07) is 13.3. The van der Waals surface area contributed by atoms with Crippen molar-refractivity contribution in [2.24, 2.45) is 0 Å². The molecule has 116 valence electrons. The SMILES string of the molecule is CCOC(=O)c1ccc(-c2ccc(COC)c(OC)c2)cc1. The van der Waals surface area contributed by atoms with Crippen LogP contribution in [0.4, 0.5) is 0 Å². The fraction of sp³-hybridized carbons (Fsp3) is 0.278. The Hall–Kier alpha value is -2.33. The van der Waals surface area contributed by atoms with E-state index >= 15 is 0 Å². The molecule has 0 aliphatic carbocycles. The van der Waals surface area contributed by atoms with E-state index in [1.165, 1.54) is 0 Å². The molecule has 0 atom stereocenters. The zero-order chi connectivity index (χ0) is 15.9. The van der Waals surface area contributed by atoms with Gasteiger partial charge in [-0.25, -0.2) is 4.79 Å². The van der Waals surface area contributed by atoms with Crippen molar-refractivity contribution in [2.75, 3.05) is 20.8 Å². The summed E-state index contributed by atoms with van der Waals surface area (Å²) < 4.78 is 15.5. The first kappa shape index (κ1) is 16.0. The van der Waals surface area contributed by atoms with Crippen LogP contribution in [0, 0.1) is 0 Å². The second-order valence-corrected chi connectivity index (χ2v) is 4.76. The highest BCUT2D eigenvalue weighted by Gasteiger charge is 2.08. The van der Waals surface area contributed by atoms with Crippen molar-refractivity contribution in [1.29, 1.82) is 0 Å². The third-order valence-corrected chi connectivity index (χ3v) is 3.32. The van der Waals surface area contributed by atoms with Crippen molar-refractivity contribution >= 4 is 5.97 Å². The quantitative estimate of drug-likeness (QED) is 0.763. The molecule has 0 aliphatic heterocycles. The molecule has 0 radical (unpaired) electrons. The minimum absolute atomic E-state index is 0.304. The zero-order valence-corrected chi connectivity index (χ0v) is 13.1. The van der Waals surface area contributed by atoms with Gasteiger partial charge in [0.15, 0.2) is 0 Å². The molecule has 0 bridgehead atoms. The number of hydrogen-bond acceptors (Lipinski definition) is 4. The Bertz CT molecular complexity index is 632. The molecule has 4 heteroatoms. The van der Waals surface area contributed by atoms with Gasteiger partial charge in [0.1, 0.15) is 5.75 Å². The van der Waals surface area contributed by atoms with Gasteiger partial charge in [-0.2, -0.15) is 0 Å². The topological polar surface area (TPSA) is 44.8 Å². The molecule has 0 fully saturated rings. The summed E-state index contributed by atoms with van der Waals surface area (Å²) in [6.45, 7) is 2.67. The summed E-state index contributed by atoms with van der Waals surface area (Å²) in [6.07, 6.45) is 0. The Balaban J connectivity index is 2.26. The van der Waals surface area contributed by atoms with Crippen LogP contribution in [-0.2, 0) is 16.1 Å². The molecular formula is C18H20O4. The number of esters is 1. The lowest BCUT2D eigenvalue weighted by Gasteiger charge is -2.10. The van der Waals surface area contributed by atoms with E-state index in [4.69, 9.17) is 14.2 Å². The molecule has 0 unspecified atom stereocenters. The number of hydrogen-bond donors (Lipinski definition) is 0. The molecule has 4 nitrogen and oxygen atoms in total. The van der Waals surface area contributed by atoms with Crippen molar-refractivity contribution in [3.05, 3.63) is 53.6 Å². The molecule has 0 saturated heterocycles. The highest BCUT2D eigenvalue weighted by atomic mass is 16.5. The largest absolute Gasteiger partial charge is 0.496 e. The maximum Gasteiger partial charge on any atom is 0.338 e. The third kappa shape index (κ3) is 3.65. The molecule has 2 aromatic carbocycles. The van der Waals surface area contributed by atoms with E-state index in [9.17, 15) is 4.79 Å². The predicted molar refractivity (Wildman–Crippen MR) is 85.1 cm³/mol. The van der Waals surface area contributed by atoms with E-state index in [1.807, 2.05) is 30.3 Å². The van der Waals surface area contributed by atoms with Crippen molar-refractivity contribution in [3.63, 3.8) is 0 Å². The Morgan fingerprint density at radius 2 is 1.68 bits per heavy atom. The molecule has 2 rings (SSSR count). The first-order valence-electron chi connectivity index (χ1n) is 7.13. The van der Waals surface area contributed by atoms with Crippen molar-refractivity contribution in [2.45, 2.75) is 13.5 Å². The summed E-state index contributed by atoms with van der Waals surface area (Å²) in [4.78, 5) is 11.7. The fourth-order valence-corrected chi connectivity index (χ4v) is 2.21. The third-order valence-electron chi connectivity index (χ3n) is 3.32. The van der Waals surface area contributed by atoms with E-state index in [0.29, 0.717) is 18.8 Å². The van der Waals surface area contributed by atoms with Crippen LogP contribution in [0.2, 0.25) is 0 Å². The van der Waals surface area contributed by atoms with E-state index in [2.05, 4.69) is 0 Å². The highest BCUT2D eigenvalue weighted by Crippen LogP contribution is 2.28. The molecule has 0 spiro atoms. The number of benzene rings is 2. The van der Waals surface area contributed by atoms with Gasteiger partial charge in [-0.15, -0.1) is 0 Å². The van der Waals surface area contributed by atoms with Crippen LogP contribution in [0.25, 0.3) is 11.1 Å². The van der Waals surface area contributed by atoms with E-state index in [-0.39, 0.29) is 5.97 Å². The van der Waals surface area contributed by atoms with Crippen LogP contribution < -0.4 is 4.74 Å². The minimum Gasteiger partial charge on any atom is -0.496 e. The Morgan fingerprint density at radius 1 is 1.00 bits per heavy atom. The lowest BCUT2D eigenvalue weighted by Crippen LogP contribution is -2.04. The van der Waals surface area contributed by atoms with Crippen LogP contribution in [0.5, 0.6) is 5.75 Å². The average molecular weight is 300 g/mol. The summed E-state index contributed by atoms with van der Waals surface area (Å²) >= 11 is 0. The molecule has 0 saturated carbocycles. The smallest absolute Gasteiger partial charge is 0.338 e. The second-order valence-electron chi connectivity index (χ2n) is 4.76. The summed E-state index contributed by atoms with van der Waals surface area (Å²) in [5.74, 6) is 0.482. The van der Waals surface area contributed by atoms with Gasteiger partial charge in [-0.05, 0) is 36.2 Å². The molecule has 0 aliphatic rings. The molecular weight excluding hydrogens is 280 g/mol. The number of rotatable bonds is 6. The average Bonchev–Trinajstić information content (AvgIpc) is 2.56. The Kier molecular flexibility index (Phi) is 5.55. The molecule has 0 N–H and O–H groups in total. The molecule has 0 amide bonds. The number of methoxy groups -OCH3 is 2. The Morgan fingerprint density at radius 3 is 2.27 bits per heavy atom. The zero-order valence-electron chi connectivity index (χ0n) is 13.1. The number of carbonyl (C=O) groups is 1. The highest BCUT2D eigenvalue weighted by molar-refractivity contribution is 5.90. The van der Waals surface area contributed by atoms with Crippen LogP contribution >= 0.6 is 0 Å². The van der Waals surface area contributed by atoms with Gasteiger partial charge in [0, 0.05) is 12.7 Å². The van der Waals surface area contributed by atoms with Crippen molar-refractivity contribution in [3.8, 4) is 16.9 Å². The maximum atomic E-state index is 11.7. The van der Waals surface area contributed by atoms with E-state index in [0.717, 1.165) is 22.4 Å². The summed E-state index contributed by atoms with van der Waals surface area (Å²) in [7, 11) is 3.30. The van der Waals surface area contributed by atoms with Crippen LogP contribution in [-0.4, -0.2) is 26.8 Å². The fourth-order valence-electron chi connectivity index (χ4n) is 2.21. The van der Waals surface area contributed by atoms with Gasteiger partial charge in [0.05, 0.1) is 25.9 Å². The van der Waals surface area contributed by atoms with E-state index in [1.54, 1.807) is 33.3 Å². The molecule has 22 heavy (non-hydrogen) atoms. The van der Waals surface area contributed by atoms with Gasteiger partial charge in [0.2, 0.25) is 0 Å². The lowest BCUT2D eigenvalue weighted by atomic mass is 10.0. The van der Waals surface area contributed by atoms with E-state index < -0.39 is 0 Å². The van der Waals surface area contributed by atoms with Gasteiger partial charge in [-0.3, -0.25) is 0 Å². The predicted octanol–water partition coefficient (Wildman–Crippen LogP) is 3.69. The van der Waals surface area contributed by atoms with Gasteiger partial charge < -0.3 is 14.2 Å². The normalized spacial score (nSPS) is 10.3. The Labute approximate surface area is 130 Å². The number of ether oxygens (including phenoxy) is 3. The number of carbonyl (C=O) groups excluding carboxylic acids is 1. The minimum atomic E-state index is -0.304. The van der Waals surface area contributed by atoms with Gasteiger partial charge in [-0.1, -0.05) is 24.3 Å². The molecule has 2 aromatic rings. The van der Waals surface area contributed by atoms with Crippen molar-refractivity contribution < 1.29 is 19.0 Å². The van der Waals surface area contributed by atoms with Gasteiger partial charge >= 0.3 is 5.97 Å². The standard InChI is InChI=1S/C18H20O4/c1-4-22-18(19)14-7-5-13(6-8-14)15-9-10-16(12-20-2)17(11-15)21-3/h5-11H,4,12H2,1-3H3. The van der Waals surface area contributed by atoms with Gasteiger partial charge in [0.25, 0.3) is 0 Å². The second kappa shape index (κ2) is 7.61. The monoisotopic (exact) mass is 300 g/mol. The molecule has 0 aromatic heterocycles. The summed E-state index contributed by atoms with van der Waals surface area (Å²) in [5, 5.41) is 0. The molecule has 0 heterocycles. The lowest BCUT2D eigenvalue weighted by molar-refractivity contribution is 0.0526. The van der Waals surface area contributed by atoms with Crippen LogP contribution in [0.1, 0.15) is 22.8 Å². The first-order chi connectivity index (χ1) is 10.7. The first-order valence-corrected chi connectivity index (χ1v) is 7.13. The van der Waals surface area contributed by atoms with Crippen molar-refractivity contribution in [1.82, 2.24) is 0 Å². The maximum absolute atomic E-state index is 11.7. The van der Waals surface area contributed by atoms with Crippen LogP contribution in [0.3, 0.4) is 0 Å². The summed E-state index contributed by atoms with van der Waals surface area (Å²) in [5.41, 5.74) is 3.58.